The van der Waals surface area contributed by atoms with Gasteiger partial charge in [0.25, 0.3) is 5.91 Å². The van der Waals surface area contributed by atoms with Gasteiger partial charge < -0.3 is 13.9 Å². The van der Waals surface area contributed by atoms with Gasteiger partial charge in [0.05, 0.1) is 12.8 Å². The SMILES string of the molecule is COc1ccc(C)cc1/C(C)=N\NC(=O)[C@@H](C)Oc1ccc2c(C)cc(=O)oc2c1. The standard InChI is InChI=1S/C23H24N2O5/c1-13-6-9-20(28-5)19(10-13)15(3)24-25-23(27)16(4)29-17-7-8-18-14(2)11-22(26)30-21(18)12-17/h6-12,16H,1-5H3,(H,25,27)/b24-15-/t16-/m1/s1. The van der Waals surface area contributed by atoms with E-state index in [-0.39, 0.29) is 0 Å². The second-order valence-corrected chi connectivity index (χ2v) is 7.04. The Hall–Kier alpha value is -3.61. The highest BCUT2D eigenvalue weighted by molar-refractivity contribution is 6.01. The van der Waals surface area contributed by atoms with E-state index in [1.807, 2.05) is 32.0 Å². The average Bonchev–Trinajstić information content (AvgIpc) is 2.71. The van der Waals surface area contributed by atoms with Crippen LogP contribution in [-0.2, 0) is 4.79 Å². The molecule has 156 valence electrons. The van der Waals surface area contributed by atoms with Gasteiger partial charge in [0, 0.05) is 23.1 Å². The lowest BCUT2D eigenvalue weighted by Crippen LogP contribution is -2.34. The molecule has 7 heteroatoms. The second-order valence-electron chi connectivity index (χ2n) is 7.04. The van der Waals surface area contributed by atoms with Gasteiger partial charge in [-0.3, -0.25) is 4.79 Å². The number of hydrogen-bond donors (Lipinski definition) is 1. The fourth-order valence-electron chi connectivity index (χ4n) is 3.03. The van der Waals surface area contributed by atoms with Crippen molar-refractivity contribution in [1.29, 1.82) is 0 Å². The summed E-state index contributed by atoms with van der Waals surface area (Å²) in [6.45, 7) is 7.21. The van der Waals surface area contributed by atoms with Crippen molar-refractivity contribution in [3.05, 3.63) is 69.6 Å². The lowest BCUT2D eigenvalue weighted by molar-refractivity contribution is -0.127. The molecule has 0 fully saturated rings. The highest BCUT2D eigenvalue weighted by Crippen LogP contribution is 2.23. The van der Waals surface area contributed by atoms with E-state index in [9.17, 15) is 9.59 Å². The van der Waals surface area contributed by atoms with E-state index in [4.69, 9.17) is 13.9 Å². The number of aryl methyl sites for hydroxylation is 2. The van der Waals surface area contributed by atoms with Gasteiger partial charge in [-0.1, -0.05) is 11.6 Å². The fourth-order valence-corrected chi connectivity index (χ4v) is 3.03. The van der Waals surface area contributed by atoms with Crippen molar-refractivity contribution in [3.8, 4) is 11.5 Å². The van der Waals surface area contributed by atoms with Crippen LogP contribution in [0.5, 0.6) is 11.5 Å². The van der Waals surface area contributed by atoms with Gasteiger partial charge in [-0.25, -0.2) is 10.2 Å². The predicted octanol–water partition coefficient (Wildman–Crippen LogP) is 3.73. The van der Waals surface area contributed by atoms with Gasteiger partial charge in [-0.15, -0.1) is 0 Å². The van der Waals surface area contributed by atoms with Crippen molar-refractivity contribution in [1.82, 2.24) is 5.43 Å². The van der Waals surface area contributed by atoms with Crippen LogP contribution in [-0.4, -0.2) is 24.8 Å². The van der Waals surface area contributed by atoms with Gasteiger partial charge in [-0.05, 0) is 57.5 Å². The van der Waals surface area contributed by atoms with Gasteiger partial charge in [-0.2, -0.15) is 5.10 Å². The molecule has 0 aliphatic rings. The Bertz CT molecular complexity index is 1180. The van der Waals surface area contributed by atoms with Crippen LogP contribution in [0.1, 0.15) is 30.5 Å². The molecule has 0 aliphatic heterocycles. The molecule has 0 radical (unpaired) electrons. The number of hydrazone groups is 1. The summed E-state index contributed by atoms with van der Waals surface area (Å²) in [7, 11) is 1.59. The summed E-state index contributed by atoms with van der Waals surface area (Å²) in [4.78, 5) is 24.0. The number of carbonyl (C=O) groups excluding carboxylic acids is 1. The third-order valence-corrected chi connectivity index (χ3v) is 4.68. The van der Waals surface area contributed by atoms with Gasteiger partial charge in [0.1, 0.15) is 17.1 Å². The zero-order chi connectivity index (χ0) is 21.8. The topological polar surface area (TPSA) is 90.1 Å². The first-order chi connectivity index (χ1) is 14.3. The molecule has 1 N–H and O–H groups in total. The van der Waals surface area contributed by atoms with Crippen molar-refractivity contribution >= 4 is 22.6 Å². The largest absolute Gasteiger partial charge is 0.496 e. The van der Waals surface area contributed by atoms with E-state index in [2.05, 4.69) is 10.5 Å². The molecule has 3 aromatic rings. The molecular formula is C23H24N2O5. The molecule has 30 heavy (non-hydrogen) atoms. The third-order valence-electron chi connectivity index (χ3n) is 4.68. The number of carbonyl (C=O) groups is 1. The minimum Gasteiger partial charge on any atom is -0.496 e. The van der Waals surface area contributed by atoms with Crippen LogP contribution in [0.2, 0.25) is 0 Å². The molecule has 0 unspecified atom stereocenters. The summed E-state index contributed by atoms with van der Waals surface area (Å²) >= 11 is 0. The summed E-state index contributed by atoms with van der Waals surface area (Å²) in [5.41, 5.74) is 5.78. The summed E-state index contributed by atoms with van der Waals surface area (Å²) in [6, 6.07) is 12.3. The number of rotatable bonds is 6. The monoisotopic (exact) mass is 408 g/mol. The number of benzene rings is 2. The molecule has 0 bridgehead atoms. The van der Waals surface area contributed by atoms with Crippen LogP contribution < -0.4 is 20.5 Å². The smallest absolute Gasteiger partial charge is 0.336 e. The van der Waals surface area contributed by atoms with E-state index in [0.29, 0.717) is 22.8 Å². The highest BCUT2D eigenvalue weighted by atomic mass is 16.5. The van der Waals surface area contributed by atoms with Crippen molar-refractivity contribution in [2.45, 2.75) is 33.8 Å². The van der Waals surface area contributed by atoms with Crippen LogP contribution >= 0.6 is 0 Å². The van der Waals surface area contributed by atoms with Crippen LogP contribution in [0.15, 0.2) is 56.8 Å². The van der Waals surface area contributed by atoms with E-state index >= 15 is 0 Å². The van der Waals surface area contributed by atoms with Crippen LogP contribution in [0.25, 0.3) is 11.0 Å². The van der Waals surface area contributed by atoms with Gasteiger partial charge in [0.2, 0.25) is 0 Å². The molecule has 1 atom stereocenters. The number of nitrogens with zero attached hydrogens (tertiary/aromatic N) is 1. The maximum absolute atomic E-state index is 12.4. The van der Waals surface area contributed by atoms with Crippen molar-refractivity contribution in [3.63, 3.8) is 0 Å². The maximum Gasteiger partial charge on any atom is 0.336 e. The highest BCUT2D eigenvalue weighted by Gasteiger charge is 2.16. The van der Waals surface area contributed by atoms with E-state index in [1.165, 1.54) is 6.07 Å². The first-order valence-electron chi connectivity index (χ1n) is 9.49. The van der Waals surface area contributed by atoms with Crippen LogP contribution in [0, 0.1) is 13.8 Å². The summed E-state index contributed by atoms with van der Waals surface area (Å²) < 4.78 is 16.3. The molecule has 1 heterocycles. The summed E-state index contributed by atoms with van der Waals surface area (Å²) in [6.07, 6.45) is -0.810. The Morgan fingerprint density at radius 3 is 2.63 bits per heavy atom. The number of fused-ring (bicyclic) bond motifs is 1. The molecule has 0 saturated heterocycles. The zero-order valence-electron chi connectivity index (χ0n) is 17.6. The van der Waals surface area contributed by atoms with Crippen molar-refractivity contribution in [2.24, 2.45) is 5.10 Å². The van der Waals surface area contributed by atoms with Gasteiger partial charge >= 0.3 is 5.63 Å². The number of amides is 1. The van der Waals surface area contributed by atoms with Crippen molar-refractivity contribution < 1.29 is 18.7 Å². The molecule has 0 aliphatic carbocycles. The first kappa shape index (κ1) is 21.1. The Kier molecular flexibility index (Phi) is 6.20. The lowest BCUT2D eigenvalue weighted by Gasteiger charge is -2.14. The number of hydrogen-bond acceptors (Lipinski definition) is 6. The maximum atomic E-state index is 12.4. The minimum absolute atomic E-state index is 0.408. The Morgan fingerprint density at radius 2 is 1.90 bits per heavy atom. The van der Waals surface area contributed by atoms with Crippen LogP contribution in [0.3, 0.4) is 0 Å². The summed E-state index contributed by atoms with van der Waals surface area (Å²) in [5.74, 6) is 0.681. The molecule has 0 spiro atoms. The average molecular weight is 408 g/mol. The molecule has 7 nitrogen and oxygen atoms in total. The number of nitrogens with one attached hydrogen (secondary N) is 1. The Morgan fingerprint density at radius 1 is 1.13 bits per heavy atom. The molecule has 1 amide bonds. The predicted molar refractivity (Wildman–Crippen MR) is 115 cm³/mol. The normalized spacial score (nSPS) is 12.5. The first-order valence-corrected chi connectivity index (χ1v) is 9.49. The Balaban J connectivity index is 1.72. The molecule has 0 saturated carbocycles. The fraction of sp³-hybridized carbons (Fsp3) is 0.261. The number of methoxy groups -OCH3 is 1. The summed E-state index contributed by atoms with van der Waals surface area (Å²) in [5, 5.41) is 4.99. The molecule has 2 aromatic carbocycles. The quantitative estimate of drug-likeness (QED) is 0.381. The molecule has 3 rings (SSSR count). The van der Waals surface area contributed by atoms with E-state index in [1.54, 1.807) is 39.2 Å². The van der Waals surface area contributed by atoms with E-state index < -0.39 is 17.6 Å². The lowest BCUT2D eigenvalue weighted by atomic mass is 10.1. The van der Waals surface area contributed by atoms with Crippen LogP contribution in [0.4, 0.5) is 0 Å². The van der Waals surface area contributed by atoms with E-state index in [0.717, 1.165) is 22.1 Å². The number of ether oxygens (including phenoxy) is 2. The third kappa shape index (κ3) is 4.68. The van der Waals surface area contributed by atoms with Gasteiger partial charge in [0.15, 0.2) is 6.10 Å². The van der Waals surface area contributed by atoms with Crippen molar-refractivity contribution in [2.75, 3.05) is 7.11 Å². The Labute approximate surface area is 174 Å². The minimum atomic E-state index is -0.810. The zero-order valence-corrected chi connectivity index (χ0v) is 17.6. The second kappa shape index (κ2) is 8.82. The molecular weight excluding hydrogens is 384 g/mol. The molecule has 1 aromatic heterocycles.